The maximum Gasteiger partial charge on any atom is 0.216 e. The number of hydrogen-bond donors (Lipinski definition) is 1. The van der Waals surface area contributed by atoms with Crippen molar-refractivity contribution < 1.29 is 9.59 Å². The maximum atomic E-state index is 12.6. The SMILES string of the molecule is CC(=O)NCCc1nnc(SCC(=O)c2ccc(C)cc2)n1-c1cccc(C)c1. The second kappa shape index (κ2) is 9.52. The van der Waals surface area contributed by atoms with Crippen LogP contribution in [0.2, 0.25) is 0 Å². The van der Waals surface area contributed by atoms with E-state index < -0.39 is 0 Å². The zero-order valence-corrected chi connectivity index (χ0v) is 17.6. The molecule has 0 aliphatic rings. The smallest absolute Gasteiger partial charge is 0.216 e. The molecule has 0 aliphatic carbocycles. The van der Waals surface area contributed by atoms with Crippen LogP contribution in [0.25, 0.3) is 5.69 Å². The highest BCUT2D eigenvalue weighted by Gasteiger charge is 2.16. The van der Waals surface area contributed by atoms with Crippen LogP contribution in [0, 0.1) is 13.8 Å². The predicted octanol–water partition coefficient (Wildman–Crippen LogP) is 3.54. The molecule has 150 valence electrons. The van der Waals surface area contributed by atoms with Gasteiger partial charge in [-0.3, -0.25) is 14.2 Å². The summed E-state index contributed by atoms with van der Waals surface area (Å²) in [5.74, 6) is 0.992. The zero-order valence-electron chi connectivity index (χ0n) is 16.8. The summed E-state index contributed by atoms with van der Waals surface area (Å²) in [6.07, 6.45) is 0.549. The number of aryl methyl sites for hydroxylation is 2. The van der Waals surface area contributed by atoms with Crippen LogP contribution >= 0.6 is 11.8 Å². The predicted molar refractivity (Wildman–Crippen MR) is 115 cm³/mol. The van der Waals surface area contributed by atoms with Gasteiger partial charge >= 0.3 is 0 Å². The normalized spacial score (nSPS) is 10.7. The third-order valence-corrected chi connectivity index (χ3v) is 5.32. The third kappa shape index (κ3) is 5.54. The molecule has 0 aliphatic heterocycles. The van der Waals surface area contributed by atoms with Crippen molar-refractivity contribution in [1.82, 2.24) is 20.1 Å². The lowest BCUT2D eigenvalue weighted by Gasteiger charge is -2.11. The van der Waals surface area contributed by atoms with Crippen molar-refractivity contribution in [1.29, 1.82) is 0 Å². The summed E-state index contributed by atoms with van der Waals surface area (Å²) in [6, 6.07) is 15.6. The molecule has 1 aromatic heterocycles. The third-order valence-electron chi connectivity index (χ3n) is 4.39. The Morgan fingerprint density at radius 3 is 2.48 bits per heavy atom. The van der Waals surface area contributed by atoms with Gasteiger partial charge in [0.15, 0.2) is 10.9 Å². The number of amides is 1. The van der Waals surface area contributed by atoms with Crippen molar-refractivity contribution >= 4 is 23.5 Å². The van der Waals surface area contributed by atoms with Gasteiger partial charge in [0.2, 0.25) is 5.91 Å². The summed E-state index contributed by atoms with van der Waals surface area (Å²) in [5, 5.41) is 12.1. The number of carbonyl (C=O) groups is 2. The lowest BCUT2D eigenvalue weighted by Crippen LogP contribution is -2.23. The van der Waals surface area contributed by atoms with Gasteiger partial charge in [-0.1, -0.05) is 53.7 Å². The van der Waals surface area contributed by atoms with Gasteiger partial charge in [-0.15, -0.1) is 10.2 Å². The molecule has 0 fully saturated rings. The Bertz CT molecular complexity index is 1010. The average Bonchev–Trinajstić information content (AvgIpc) is 3.09. The van der Waals surface area contributed by atoms with E-state index in [1.807, 2.05) is 60.9 Å². The van der Waals surface area contributed by atoms with Crippen molar-refractivity contribution in [3.63, 3.8) is 0 Å². The first-order valence-electron chi connectivity index (χ1n) is 9.42. The van der Waals surface area contributed by atoms with Crippen molar-refractivity contribution in [2.45, 2.75) is 32.3 Å². The summed E-state index contributed by atoms with van der Waals surface area (Å²) in [7, 11) is 0. The first kappa shape index (κ1) is 20.8. The molecule has 0 spiro atoms. The Hall–Kier alpha value is -2.93. The van der Waals surface area contributed by atoms with Crippen LogP contribution in [0.4, 0.5) is 0 Å². The molecule has 29 heavy (non-hydrogen) atoms. The summed E-state index contributed by atoms with van der Waals surface area (Å²) in [6.45, 7) is 5.99. The van der Waals surface area contributed by atoms with E-state index in [4.69, 9.17) is 0 Å². The van der Waals surface area contributed by atoms with Crippen molar-refractivity contribution in [3.8, 4) is 5.69 Å². The number of Topliss-reactive ketones (excluding diaryl/α,β-unsaturated/α-hetero) is 1. The standard InChI is InChI=1S/C22H24N4O2S/c1-15-7-9-18(10-8-15)20(28)14-29-22-25-24-21(11-12-23-17(3)27)26(22)19-6-4-5-16(2)13-19/h4-10,13H,11-12,14H2,1-3H3,(H,23,27). The molecule has 1 amide bonds. The Morgan fingerprint density at radius 1 is 1.03 bits per heavy atom. The van der Waals surface area contributed by atoms with Crippen LogP contribution in [0.3, 0.4) is 0 Å². The van der Waals surface area contributed by atoms with Crippen LogP contribution in [-0.4, -0.2) is 38.8 Å². The molecular formula is C22H24N4O2S. The van der Waals surface area contributed by atoms with Crippen molar-refractivity contribution in [3.05, 3.63) is 71.0 Å². The van der Waals surface area contributed by atoms with Gasteiger partial charge in [-0.05, 0) is 31.5 Å². The van der Waals surface area contributed by atoms with Gasteiger partial charge in [0.25, 0.3) is 0 Å². The fourth-order valence-corrected chi connectivity index (χ4v) is 3.75. The van der Waals surface area contributed by atoms with Crippen LogP contribution < -0.4 is 5.32 Å². The monoisotopic (exact) mass is 408 g/mol. The molecule has 0 unspecified atom stereocenters. The van der Waals surface area contributed by atoms with Gasteiger partial charge < -0.3 is 5.32 Å². The second-order valence-corrected chi connectivity index (χ2v) is 7.83. The number of nitrogens with zero attached hydrogens (tertiary/aromatic N) is 3. The fourth-order valence-electron chi connectivity index (χ4n) is 2.89. The van der Waals surface area contributed by atoms with E-state index in [2.05, 4.69) is 21.6 Å². The molecule has 0 radical (unpaired) electrons. The number of hydrogen-bond acceptors (Lipinski definition) is 5. The first-order chi connectivity index (χ1) is 13.9. The van der Waals surface area contributed by atoms with E-state index >= 15 is 0 Å². The topological polar surface area (TPSA) is 76.9 Å². The quantitative estimate of drug-likeness (QED) is 0.456. The maximum absolute atomic E-state index is 12.6. The van der Waals surface area contributed by atoms with Crippen molar-refractivity contribution in [2.75, 3.05) is 12.3 Å². The largest absolute Gasteiger partial charge is 0.356 e. The molecule has 1 heterocycles. The van der Waals surface area contributed by atoms with Gasteiger partial charge in [0.1, 0.15) is 5.82 Å². The number of ketones is 1. The molecule has 6 nitrogen and oxygen atoms in total. The highest BCUT2D eigenvalue weighted by atomic mass is 32.2. The number of rotatable bonds is 8. The van der Waals surface area contributed by atoms with Crippen LogP contribution in [-0.2, 0) is 11.2 Å². The highest BCUT2D eigenvalue weighted by molar-refractivity contribution is 7.99. The molecule has 7 heteroatoms. The minimum atomic E-state index is -0.0788. The lowest BCUT2D eigenvalue weighted by atomic mass is 10.1. The summed E-state index contributed by atoms with van der Waals surface area (Å²) < 4.78 is 1.96. The summed E-state index contributed by atoms with van der Waals surface area (Å²) >= 11 is 1.37. The molecule has 0 saturated carbocycles. The molecule has 0 saturated heterocycles. The van der Waals surface area contributed by atoms with Crippen molar-refractivity contribution in [2.24, 2.45) is 0 Å². The molecule has 0 atom stereocenters. The molecule has 1 N–H and O–H groups in total. The summed E-state index contributed by atoms with van der Waals surface area (Å²) in [4.78, 5) is 23.7. The fraction of sp³-hybridized carbons (Fsp3) is 0.273. The van der Waals surface area contributed by atoms with Gasteiger partial charge in [0, 0.05) is 31.1 Å². The number of carbonyl (C=O) groups excluding carboxylic acids is 2. The average molecular weight is 409 g/mol. The van der Waals surface area contributed by atoms with E-state index in [-0.39, 0.29) is 17.4 Å². The summed E-state index contributed by atoms with van der Waals surface area (Å²) in [5.41, 5.74) is 3.88. The molecule has 3 aromatic rings. The van der Waals surface area contributed by atoms with E-state index in [0.717, 1.165) is 22.6 Å². The number of nitrogens with one attached hydrogen (secondary N) is 1. The van der Waals surface area contributed by atoms with E-state index in [1.54, 1.807) is 0 Å². The zero-order chi connectivity index (χ0) is 20.8. The Balaban J connectivity index is 1.81. The van der Waals surface area contributed by atoms with E-state index in [0.29, 0.717) is 23.7 Å². The first-order valence-corrected chi connectivity index (χ1v) is 10.4. The van der Waals surface area contributed by atoms with E-state index in [9.17, 15) is 9.59 Å². The van der Waals surface area contributed by atoms with Crippen LogP contribution in [0.5, 0.6) is 0 Å². The molecule has 3 rings (SSSR count). The minimum Gasteiger partial charge on any atom is -0.356 e. The number of aromatic nitrogens is 3. The molecular weight excluding hydrogens is 384 g/mol. The minimum absolute atomic E-state index is 0.0496. The van der Waals surface area contributed by atoms with E-state index in [1.165, 1.54) is 18.7 Å². The van der Waals surface area contributed by atoms with Gasteiger partial charge in [-0.25, -0.2) is 0 Å². The number of thioether (sulfide) groups is 1. The van der Waals surface area contributed by atoms with Gasteiger partial charge in [0.05, 0.1) is 5.75 Å². The van der Waals surface area contributed by atoms with Crippen LogP contribution in [0.1, 0.15) is 34.2 Å². The Morgan fingerprint density at radius 2 is 1.79 bits per heavy atom. The van der Waals surface area contributed by atoms with Gasteiger partial charge in [-0.2, -0.15) is 0 Å². The Kier molecular flexibility index (Phi) is 6.82. The lowest BCUT2D eigenvalue weighted by molar-refractivity contribution is -0.118. The molecule has 2 aromatic carbocycles. The highest BCUT2D eigenvalue weighted by Crippen LogP contribution is 2.24. The second-order valence-electron chi connectivity index (χ2n) is 6.88. The number of benzene rings is 2. The molecule has 0 bridgehead atoms. The van der Waals surface area contributed by atoms with Crippen LogP contribution in [0.15, 0.2) is 53.7 Å². The Labute approximate surface area is 174 Å².